The summed E-state index contributed by atoms with van der Waals surface area (Å²) in [7, 11) is 1.64. The quantitative estimate of drug-likeness (QED) is 0.860. The lowest BCUT2D eigenvalue weighted by Crippen LogP contribution is -2.18. The third kappa shape index (κ3) is 3.65. The van der Waals surface area contributed by atoms with E-state index in [1.807, 2.05) is 16.8 Å². The first-order chi connectivity index (χ1) is 9.20. The number of carbonyl (C=O) groups is 1. The fourth-order valence-electron chi connectivity index (χ4n) is 1.65. The van der Waals surface area contributed by atoms with Gasteiger partial charge in [-0.2, -0.15) is 0 Å². The van der Waals surface area contributed by atoms with E-state index in [1.165, 1.54) is 0 Å². The molecule has 19 heavy (non-hydrogen) atoms. The number of halogens is 1. The molecule has 2 rings (SSSR count). The summed E-state index contributed by atoms with van der Waals surface area (Å²) in [4.78, 5) is 16.2. The van der Waals surface area contributed by atoms with Crippen LogP contribution in [0.4, 0.5) is 5.69 Å². The highest BCUT2D eigenvalue weighted by Gasteiger charge is 2.10. The highest BCUT2D eigenvalue weighted by molar-refractivity contribution is 9.10. The van der Waals surface area contributed by atoms with Crippen LogP contribution in [0.3, 0.4) is 0 Å². The third-order valence-corrected chi connectivity index (χ3v) is 3.05. The van der Waals surface area contributed by atoms with Gasteiger partial charge in [-0.05, 0) is 40.2 Å². The van der Waals surface area contributed by atoms with Gasteiger partial charge in [-0.1, -0.05) is 0 Å². The van der Waals surface area contributed by atoms with Crippen molar-refractivity contribution in [2.24, 2.45) is 0 Å². The minimum Gasteiger partial charge on any atom is -0.383 e. The number of carbonyl (C=O) groups excluding carboxylic acids is 1. The van der Waals surface area contributed by atoms with Crippen molar-refractivity contribution in [2.75, 3.05) is 19.0 Å². The predicted molar refractivity (Wildman–Crippen MR) is 76.2 cm³/mol. The Kier molecular flexibility index (Phi) is 4.70. The zero-order chi connectivity index (χ0) is 13.7. The Labute approximate surface area is 119 Å². The number of nitrogens with zero attached hydrogens (tertiary/aromatic N) is 2. The van der Waals surface area contributed by atoms with Crippen molar-refractivity contribution in [1.29, 1.82) is 0 Å². The predicted octanol–water partition coefficient (Wildman–Crippen LogP) is 2.54. The number of hydrogen-bond acceptors (Lipinski definition) is 3. The Hall–Kier alpha value is -1.66. The number of ether oxygens (including phenoxy) is 1. The number of aromatic nitrogens is 2. The van der Waals surface area contributed by atoms with E-state index in [0.29, 0.717) is 24.5 Å². The molecule has 0 atom stereocenters. The highest BCUT2D eigenvalue weighted by Crippen LogP contribution is 2.12. The molecule has 6 heteroatoms. The maximum atomic E-state index is 12.1. The lowest BCUT2D eigenvalue weighted by molar-refractivity contribution is 0.101. The van der Waals surface area contributed by atoms with Crippen LogP contribution in [-0.4, -0.2) is 29.2 Å². The van der Waals surface area contributed by atoms with E-state index in [1.54, 1.807) is 31.5 Å². The number of nitrogens with one attached hydrogen (secondary N) is 1. The molecule has 100 valence electrons. The van der Waals surface area contributed by atoms with Crippen molar-refractivity contribution in [3.05, 3.63) is 47.0 Å². The average Bonchev–Trinajstić information content (AvgIpc) is 2.87. The molecule has 1 amide bonds. The minimum atomic E-state index is -0.162. The van der Waals surface area contributed by atoms with Gasteiger partial charge in [0, 0.05) is 19.9 Å². The molecule has 0 fully saturated rings. The van der Waals surface area contributed by atoms with Crippen LogP contribution in [0.25, 0.3) is 0 Å². The van der Waals surface area contributed by atoms with Crippen molar-refractivity contribution in [3.8, 4) is 0 Å². The molecule has 2 aromatic rings. The molecule has 2 heterocycles. The zero-order valence-corrected chi connectivity index (χ0v) is 12.1. The van der Waals surface area contributed by atoms with Gasteiger partial charge in [-0.3, -0.25) is 4.79 Å². The number of methoxy groups -OCH3 is 1. The summed E-state index contributed by atoms with van der Waals surface area (Å²) in [5, 5.41) is 2.80. The van der Waals surface area contributed by atoms with Crippen molar-refractivity contribution in [3.63, 3.8) is 0 Å². The van der Waals surface area contributed by atoms with E-state index in [0.717, 1.165) is 4.60 Å². The second-order valence-corrected chi connectivity index (χ2v) is 4.72. The third-order valence-electron chi connectivity index (χ3n) is 2.58. The SMILES string of the molecule is COCCn1cccc1C(=O)Nc1ccc(Br)nc1. The fourth-order valence-corrected chi connectivity index (χ4v) is 1.88. The lowest BCUT2D eigenvalue weighted by Gasteiger charge is -2.09. The van der Waals surface area contributed by atoms with Gasteiger partial charge >= 0.3 is 0 Å². The molecular formula is C13H14BrN3O2. The summed E-state index contributed by atoms with van der Waals surface area (Å²) in [6.07, 6.45) is 3.46. The van der Waals surface area contributed by atoms with Crippen LogP contribution >= 0.6 is 15.9 Å². The molecule has 2 aromatic heterocycles. The van der Waals surface area contributed by atoms with E-state index in [9.17, 15) is 4.79 Å². The first-order valence-corrected chi connectivity index (χ1v) is 6.57. The largest absolute Gasteiger partial charge is 0.383 e. The van der Waals surface area contributed by atoms with Gasteiger partial charge in [0.2, 0.25) is 0 Å². The van der Waals surface area contributed by atoms with Crippen LogP contribution in [0.15, 0.2) is 41.3 Å². The molecule has 0 unspecified atom stereocenters. The Balaban J connectivity index is 2.07. The maximum Gasteiger partial charge on any atom is 0.272 e. The molecule has 0 aliphatic rings. The van der Waals surface area contributed by atoms with Gasteiger partial charge in [0.05, 0.1) is 18.5 Å². The normalized spacial score (nSPS) is 10.4. The Morgan fingerprint density at radius 2 is 2.32 bits per heavy atom. The molecule has 0 aromatic carbocycles. The van der Waals surface area contributed by atoms with Gasteiger partial charge in [0.25, 0.3) is 5.91 Å². The first kappa shape index (κ1) is 13.8. The zero-order valence-electron chi connectivity index (χ0n) is 10.5. The molecule has 1 N–H and O–H groups in total. The summed E-state index contributed by atoms with van der Waals surface area (Å²) >= 11 is 3.25. The van der Waals surface area contributed by atoms with Crippen molar-refractivity contribution < 1.29 is 9.53 Å². The van der Waals surface area contributed by atoms with Gasteiger partial charge in [-0.25, -0.2) is 4.98 Å². The number of rotatable bonds is 5. The molecule has 0 bridgehead atoms. The monoisotopic (exact) mass is 323 g/mol. The van der Waals surface area contributed by atoms with E-state index in [-0.39, 0.29) is 5.91 Å². The van der Waals surface area contributed by atoms with Crippen LogP contribution in [0.5, 0.6) is 0 Å². The Bertz CT molecular complexity index is 551. The second kappa shape index (κ2) is 6.49. The summed E-state index contributed by atoms with van der Waals surface area (Å²) in [5.41, 5.74) is 1.26. The summed E-state index contributed by atoms with van der Waals surface area (Å²) < 4.78 is 7.60. The van der Waals surface area contributed by atoms with Crippen LogP contribution in [0.2, 0.25) is 0 Å². The second-order valence-electron chi connectivity index (χ2n) is 3.90. The molecule has 0 radical (unpaired) electrons. The van der Waals surface area contributed by atoms with E-state index >= 15 is 0 Å². The maximum absolute atomic E-state index is 12.1. The van der Waals surface area contributed by atoms with Gasteiger partial charge < -0.3 is 14.6 Å². The molecule has 0 spiro atoms. The van der Waals surface area contributed by atoms with Crippen LogP contribution in [-0.2, 0) is 11.3 Å². The van der Waals surface area contributed by atoms with Gasteiger partial charge in [-0.15, -0.1) is 0 Å². The van der Waals surface area contributed by atoms with E-state index in [2.05, 4.69) is 26.2 Å². The highest BCUT2D eigenvalue weighted by atomic mass is 79.9. The topological polar surface area (TPSA) is 56.1 Å². The smallest absolute Gasteiger partial charge is 0.272 e. The van der Waals surface area contributed by atoms with Crippen molar-refractivity contribution in [1.82, 2.24) is 9.55 Å². The number of hydrogen-bond donors (Lipinski definition) is 1. The molecule has 0 saturated heterocycles. The van der Waals surface area contributed by atoms with Crippen LogP contribution < -0.4 is 5.32 Å². The van der Waals surface area contributed by atoms with Crippen LogP contribution in [0, 0.1) is 0 Å². The molecule has 5 nitrogen and oxygen atoms in total. The summed E-state index contributed by atoms with van der Waals surface area (Å²) in [6, 6.07) is 7.18. The standard InChI is InChI=1S/C13H14BrN3O2/c1-19-8-7-17-6-2-3-11(17)13(18)16-10-4-5-12(14)15-9-10/h2-6,9H,7-8H2,1H3,(H,16,18). The van der Waals surface area contributed by atoms with Gasteiger partial charge in [0.15, 0.2) is 0 Å². The van der Waals surface area contributed by atoms with Crippen molar-refractivity contribution >= 4 is 27.5 Å². The van der Waals surface area contributed by atoms with Crippen molar-refractivity contribution in [2.45, 2.75) is 6.54 Å². The molecule has 0 aliphatic heterocycles. The lowest BCUT2D eigenvalue weighted by atomic mass is 10.3. The summed E-state index contributed by atoms with van der Waals surface area (Å²) in [5.74, 6) is -0.162. The van der Waals surface area contributed by atoms with Crippen LogP contribution in [0.1, 0.15) is 10.5 Å². The average molecular weight is 324 g/mol. The number of pyridine rings is 1. The first-order valence-electron chi connectivity index (χ1n) is 5.77. The number of amides is 1. The Morgan fingerprint density at radius 1 is 1.47 bits per heavy atom. The minimum absolute atomic E-state index is 0.162. The Morgan fingerprint density at radius 3 is 3.00 bits per heavy atom. The summed E-state index contributed by atoms with van der Waals surface area (Å²) in [6.45, 7) is 1.21. The van der Waals surface area contributed by atoms with Gasteiger partial charge in [0.1, 0.15) is 10.3 Å². The molecule has 0 saturated carbocycles. The molecule has 0 aliphatic carbocycles. The fraction of sp³-hybridized carbons (Fsp3) is 0.231. The number of anilines is 1. The van der Waals surface area contributed by atoms with E-state index < -0.39 is 0 Å². The molecular weight excluding hydrogens is 310 g/mol. The van der Waals surface area contributed by atoms with E-state index in [4.69, 9.17) is 4.74 Å².